The SMILES string of the molecule is Bc1ccc(Cl)cc1OC. The summed E-state index contributed by atoms with van der Waals surface area (Å²) in [4.78, 5) is 0. The van der Waals surface area contributed by atoms with Crippen molar-refractivity contribution in [3.63, 3.8) is 0 Å². The van der Waals surface area contributed by atoms with E-state index >= 15 is 0 Å². The highest BCUT2D eigenvalue weighted by atomic mass is 35.5. The van der Waals surface area contributed by atoms with Gasteiger partial charge in [-0.25, -0.2) is 0 Å². The van der Waals surface area contributed by atoms with Crippen LogP contribution in [0.3, 0.4) is 0 Å². The Morgan fingerprint density at radius 2 is 2.20 bits per heavy atom. The molecule has 0 unspecified atom stereocenters. The molecular weight excluding hydrogens is 146 g/mol. The molecule has 0 N–H and O–H groups in total. The van der Waals surface area contributed by atoms with Gasteiger partial charge in [0.05, 0.1) is 7.11 Å². The first-order valence-electron chi connectivity index (χ1n) is 3.04. The standard InChI is InChI=1S/C7H8BClO/c1-10-7-4-5(9)2-3-6(7)8/h2-4H,8H2,1H3. The Labute approximate surface area is 66.4 Å². The monoisotopic (exact) mass is 154 g/mol. The van der Waals surface area contributed by atoms with Gasteiger partial charge < -0.3 is 4.74 Å². The highest BCUT2D eigenvalue weighted by Gasteiger charge is 1.96. The molecule has 1 aromatic carbocycles. The lowest BCUT2D eigenvalue weighted by Gasteiger charge is -2.02. The largest absolute Gasteiger partial charge is 0.497 e. The minimum absolute atomic E-state index is 0.711. The van der Waals surface area contributed by atoms with Crippen LogP contribution in [-0.4, -0.2) is 15.0 Å². The zero-order valence-electron chi connectivity index (χ0n) is 6.02. The molecule has 0 saturated carbocycles. The van der Waals surface area contributed by atoms with Gasteiger partial charge in [0, 0.05) is 5.02 Å². The highest BCUT2D eigenvalue weighted by molar-refractivity contribution is 6.36. The minimum atomic E-state index is 0.711. The maximum atomic E-state index is 5.72. The van der Waals surface area contributed by atoms with Gasteiger partial charge in [0.15, 0.2) is 0 Å². The van der Waals surface area contributed by atoms with E-state index in [1.54, 1.807) is 13.2 Å². The smallest absolute Gasteiger partial charge is 0.144 e. The van der Waals surface area contributed by atoms with E-state index in [1.165, 1.54) is 0 Å². The van der Waals surface area contributed by atoms with Gasteiger partial charge in [0.2, 0.25) is 0 Å². The molecule has 0 amide bonds. The van der Waals surface area contributed by atoms with E-state index in [1.807, 2.05) is 20.0 Å². The van der Waals surface area contributed by atoms with Crippen LogP contribution in [0.5, 0.6) is 5.75 Å². The normalized spacial score (nSPS) is 9.40. The molecule has 1 rings (SSSR count). The van der Waals surface area contributed by atoms with Crippen LogP contribution in [0.4, 0.5) is 0 Å². The van der Waals surface area contributed by atoms with Crippen molar-refractivity contribution in [3.05, 3.63) is 23.2 Å². The Bertz CT molecular complexity index is 237. The molecule has 0 atom stereocenters. The molecule has 3 heteroatoms. The number of methoxy groups -OCH3 is 1. The van der Waals surface area contributed by atoms with E-state index in [4.69, 9.17) is 16.3 Å². The number of halogens is 1. The third-order valence-corrected chi connectivity index (χ3v) is 1.61. The topological polar surface area (TPSA) is 9.23 Å². The maximum Gasteiger partial charge on any atom is 0.144 e. The summed E-state index contributed by atoms with van der Waals surface area (Å²) in [6, 6.07) is 5.58. The van der Waals surface area contributed by atoms with Crippen molar-refractivity contribution >= 4 is 24.9 Å². The molecule has 0 saturated heterocycles. The third-order valence-electron chi connectivity index (χ3n) is 1.37. The summed E-state index contributed by atoms with van der Waals surface area (Å²) in [7, 11) is 3.62. The van der Waals surface area contributed by atoms with Gasteiger partial charge in [-0.1, -0.05) is 17.7 Å². The van der Waals surface area contributed by atoms with Crippen molar-refractivity contribution in [2.75, 3.05) is 7.11 Å². The van der Waals surface area contributed by atoms with Crippen molar-refractivity contribution in [3.8, 4) is 5.75 Å². The quantitative estimate of drug-likeness (QED) is 0.539. The molecule has 0 fully saturated rings. The van der Waals surface area contributed by atoms with Crippen molar-refractivity contribution in [1.29, 1.82) is 0 Å². The van der Waals surface area contributed by atoms with Crippen molar-refractivity contribution in [1.82, 2.24) is 0 Å². The van der Waals surface area contributed by atoms with Crippen LogP contribution in [0.15, 0.2) is 18.2 Å². The zero-order chi connectivity index (χ0) is 7.56. The van der Waals surface area contributed by atoms with Gasteiger partial charge >= 0.3 is 0 Å². The summed E-state index contributed by atoms with van der Waals surface area (Å²) in [5, 5.41) is 0.711. The summed E-state index contributed by atoms with van der Waals surface area (Å²) in [6.07, 6.45) is 0. The van der Waals surface area contributed by atoms with E-state index < -0.39 is 0 Å². The summed E-state index contributed by atoms with van der Waals surface area (Å²) in [6.45, 7) is 0. The number of benzene rings is 1. The Hall–Kier alpha value is -0.625. The Kier molecular flexibility index (Phi) is 2.23. The maximum absolute atomic E-state index is 5.72. The van der Waals surface area contributed by atoms with Crippen molar-refractivity contribution in [2.24, 2.45) is 0 Å². The molecule has 0 bridgehead atoms. The van der Waals surface area contributed by atoms with Crippen LogP contribution in [0.25, 0.3) is 0 Å². The molecule has 1 aromatic rings. The Morgan fingerprint density at radius 3 is 2.70 bits per heavy atom. The van der Waals surface area contributed by atoms with Crippen LogP contribution < -0.4 is 10.2 Å². The second-order valence-corrected chi connectivity index (χ2v) is 2.55. The average molecular weight is 154 g/mol. The van der Waals surface area contributed by atoms with Crippen LogP contribution in [-0.2, 0) is 0 Å². The van der Waals surface area contributed by atoms with E-state index in [0.29, 0.717) is 5.02 Å². The lowest BCUT2D eigenvalue weighted by atomic mass is 9.95. The molecule has 0 heterocycles. The molecular formula is C7H8BClO. The van der Waals surface area contributed by atoms with E-state index in [2.05, 4.69) is 0 Å². The van der Waals surface area contributed by atoms with Gasteiger partial charge in [-0.2, -0.15) is 0 Å². The lowest BCUT2D eigenvalue weighted by molar-refractivity contribution is 0.418. The minimum Gasteiger partial charge on any atom is -0.497 e. The number of hydrogen-bond acceptors (Lipinski definition) is 1. The van der Waals surface area contributed by atoms with Gasteiger partial charge in [-0.05, 0) is 17.6 Å². The lowest BCUT2D eigenvalue weighted by Crippen LogP contribution is -2.05. The Morgan fingerprint density at radius 1 is 1.50 bits per heavy atom. The first kappa shape index (κ1) is 7.48. The third kappa shape index (κ3) is 1.45. The second-order valence-electron chi connectivity index (χ2n) is 2.11. The van der Waals surface area contributed by atoms with Crippen LogP contribution in [0, 0.1) is 0 Å². The Balaban J connectivity index is 3.09. The molecule has 0 radical (unpaired) electrons. The molecule has 0 spiro atoms. The van der Waals surface area contributed by atoms with Crippen LogP contribution in [0.2, 0.25) is 5.02 Å². The summed E-state index contributed by atoms with van der Waals surface area (Å²) < 4.78 is 5.04. The fourth-order valence-electron chi connectivity index (χ4n) is 0.794. The van der Waals surface area contributed by atoms with Gasteiger partial charge in [0.1, 0.15) is 13.6 Å². The molecule has 0 aliphatic carbocycles. The average Bonchev–Trinajstić information content (AvgIpc) is 1.94. The predicted molar refractivity (Wildman–Crippen MR) is 46.2 cm³/mol. The second kappa shape index (κ2) is 2.97. The molecule has 52 valence electrons. The van der Waals surface area contributed by atoms with E-state index in [-0.39, 0.29) is 0 Å². The van der Waals surface area contributed by atoms with Crippen LogP contribution in [0.1, 0.15) is 0 Å². The van der Waals surface area contributed by atoms with Crippen molar-refractivity contribution in [2.45, 2.75) is 0 Å². The molecule has 0 aliphatic heterocycles. The summed E-state index contributed by atoms with van der Waals surface area (Å²) in [5.74, 6) is 0.840. The number of ether oxygens (including phenoxy) is 1. The first-order valence-corrected chi connectivity index (χ1v) is 3.42. The summed E-state index contributed by atoms with van der Waals surface area (Å²) in [5.41, 5.74) is 1.10. The molecule has 0 aromatic heterocycles. The molecule has 10 heavy (non-hydrogen) atoms. The number of rotatable bonds is 1. The van der Waals surface area contributed by atoms with Gasteiger partial charge in [-0.3, -0.25) is 0 Å². The van der Waals surface area contributed by atoms with Gasteiger partial charge in [-0.15, -0.1) is 0 Å². The fraction of sp³-hybridized carbons (Fsp3) is 0.143. The molecule has 1 nitrogen and oxygen atoms in total. The predicted octanol–water partition coefficient (Wildman–Crippen LogP) is 0.607. The first-order chi connectivity index (χ1) is 4.74. The number of hydrogen-bond donors (Lipinski definition) is 0. The fourth-order valence-corrected chi connectivity index (χ4v) is 0.956. The summed E-state index contributed by atoms with van der Waals surface area (Å²) >= 11 is 5.72. The zero-order valence-corrected chi connectivity index (χ0v) is 6.77. The molecule has 0 aliphatic rings. The van der Waals surface area contributed by atoms with E-state index in [0.717, 1.165) is 11.2 Å². The van der Waals surface area contributed by atoms with E-state index in [9.17, 15) is 0 Å². The highest BCUT2D eigenvalue weighted by Crippen LogP contribution is 2.13. The van der Waals surface area contributed by atoms with Crippen molar-refractivity contribution < 1.29 is 4.74 Å². The van der Waals surface area contributed by atoms with Crippen LogP contribution >= 0.6 is 11.6 Å². The van der Waals surface area contributed by atoms with Gasteiger partial charge in [0.25, 0.3) is 0 Å².